The molecule has 1 aromatic heterocycles. The quantitative estimate of drug-likeness (QED) is 0.579. The Bertz CT molecular complexity index is 1060. The summed E-state index contributed by atoms with van der Waals surface area (Å²) in [7, 11) is 4.66. The number of methoxy groups -OCH3 is 3. The maximum Gasteiger partial charge on any atom is 0.312 e. The molecule has 2 aliphatic heterocycles. The predicted molar refractivity (Wildman–Crippen MR) is 120 cm³/mol. The molecular formula is C24H30N2O6. The number of benzene rings is 1. The van der Waals surface area contributed by atoms with Crippen LogP contribution in [0.15, 0.2) is 29.1 Å². The largest absolute Gasteiger partial charge is 0.476 e. The first-order valence-electron chi connectivity index (χ1n) is 10.8. The number of esters is 1. The summed E-state index contributed by atoms with van der Waals surface area (Å²) in [6, 6.07) is 7.85. The number of carbonyl (C=O) groups is 1. The Hall–Kier alpha value is -2.84. The Labute approximate surface area is 187 Å². The molecule has 8 nitrogen and oxygen atoms in total. The molecule has 1 saturated heterocycles. The van der Waals surface area contributed by atoms with Crippen molar-refractivity contribution >= 4 is 11.7 Å². The van der Waals surface area contributed by atoms with Crippen LogP contribution in [-0.4, -0.2) is 64.3 Å². The van der Waals surface area contributed by atoms with Gasteiger partial charge in [-0.1, -0.05) is 6.07 Å². The van der Waals surface area contributed by atoms with E-state index in [1.807, 2.05) is 6.92 Å². The van der Waals surface area contributed by atoms with Crippen molar-refractivity contribution in [2.24, 2.45) is 5.92 Å². The fourth-order valence-corrected chi connectivity index (χ4v) is 4.42. The van der Waals surface area contributed by atoms with Crippen LogP contribution in [-0.2, 0) is 32.0 Å². The average Bonchev–Trinajstić information content (AvgIpc) is 2.77. The lowest BCUT2D eigenvalue weighted by Gasteiger charge is -2.39. The summed E-state index contributed by atoms with van der Waals surface area (Å²) < 4.78 is 23.4. The minimum atomic E-state index is -0.212. The zero-order valence-corrected chi connectivity index (χ0v) is 19.1. The number of aryl methyl sites for hydroxylation is 1. The Morgan fingerprint density at radius 3 is 2.62 bits per heavy atom. The number of pyridine rings is 1. The smallest absolute Gasteiger partial charge is 0.312 e. The molecule has 4 rings (SSSR count). The van der Waals surface area contributed by atoms with E-state index < -0.39 is 0 Å². The minimum Gasteiger partial charge on any atom is -0.476 e. The highest BCUT2D eigenvalue weighted by atomic mass is 16.6. The molecule has 0 spiro atoms. The maximum absolute atomic E-state index is 12.7. The summed E-state index contributed by atoms with van der Waals surface area (Å²) in [4.78, 5) is 26.6. The second-order valence-corrected chi connectivity index (χ2v) is 8.31. The van der Waals surface area contributed by atoms with Gasteiger partial charge >= 0.3 is 5.97 Å². The van der Waals surface area contributed by atoms with Crippen molar-refractivity contribution < 1.29 is 23.7 Å². The molecule has 0 saturated carbocycles. The third-order valence-electron chi connectivity index (χ3n) is 6.35. The van der Waals surface area contributed by atoms with Gasteiger partial charge < -0.3 is 28.4 Å². The number of hydrogen-bond acceptors (Lipinski definition) is 7. The van der Waals surface area contributed by atoms with Crippen LogP contribution in [0.5, 0.6) is 5.88 Å². The molecule has 2 aromatic rings. The maximum atomic E-state index is 12.7. The van der Waals surface area contributed by atoms with Gasteiger partial charge in [-0.2, -0.15) is 0 Å². The molecule has 1 atom stereocenters. The van der Waals surface area contributed by atoms with Gasteiger partial charge in [0.25, 0.3) is 0 Å². The highest BCUT2D eigenvalue weighted by molar-refractivity contribution is 5.78. The van der Waals surface area contributed by atoms with Gasteiger partial charge in [0.15, 0.2) is 11.3 Å². The SMILES string of the molecule is COC[C@@H](COc1cc(=O)c(C)c2n1CCc1cc(N3CC(C(=O)OC)C3)ccc1-2)OC. The monoisotopic (exact) mass is 442 g/mol. The molecule has 0 amide bonds. The Morgan fingerprint density at radius 2 is 1.94 bits per heavy atom. The van der Waals surface area contributed by atoms with E-state index in [0.29, 0.717) is 37.7 Å². The van der Waals surface area contributed by atoms with Gasteiger partial charge in [-0.3, -0.25) is 9.59 Å². The molecule has 32 heavy (non-hydrogen) atoms. The zero-order chi connectivity index (χ0) is 22.8. The van der Waals surface area contributed by atoms with Crippen molar-refractivity contribution in [3.63, 3.8) is 0 Å². The highest BCUT2D eigenvalue weighted by Crippen LogP contribution is 2.37. The number of hydrogen-bond donors (Lipinski definition) is 0. The van der Waals surface area contributed by atoms with Gasteiger partial charge in [-0.15, -0.1) is 0 Å². The fourth-order valence-electron chi connectivity index (χ4n) is 4.42. The molecule has 0 unspecified atom stereocenters. The molecule has 0 aliphatic carbocycles. The highest BCUT2D eigenvalue weighted by Gasteiger charge is 2.34. The van der Waals surface area contributed by atoms with Crippen molar-refractivity contribution in [1.29, 1.82) is 0 Å². The van der Waals surface area contributed by atoms with Crippen LogP contribution in [0.1, 0.15) is 11.1 Å². The van der Waals surface area contributed by atoms with E-state index in [-0.39, 0.29) is 23.4 Å². The number of rotatable bonds is 8. The number of nitrogens with zero attached hydrogens (tertiary/aromatic N) is 2. The molecule has 0 N–H and O–H groups in total. The first kappa shape index (κ1) is 22.4. The molecular weight excluding hydrogens is 412 g/mol. The second kappa shape index (κ2) is 9.34. The van der Waals surface area contributed by atoms with E-state index in [1.54, 1.807) is 20.3 Å². The van der Waals surface area contributed by atoms with E-state index in [0.717, 1.165) is 29.9 Å². The van der Waals surface area contributed by atoms with E-state index in [4.69, 9.17) is 18.9 Å². The normalized spacial score (nSPS) is 16.1. The first-order chi connectivity index (χ1) is 15.5. The number of anilines is 1. The van der Waals surface area contributed by atoms with Crippen molar-refractivity contribution in [1.82, 2.24) is 4.57 Å². The third-order valence-corrected chi connectivity index (χ3v) is 6.35. The van der Waals surface area contributed by atoms with E-state index >= 15 is 0 Å². The van der Waals surface area contributed by atoms with Crippen LogP contribution in [0.2, 0.25) is 0 Å². The van der Waals surface area contributed by atoms with Crippen molar-refractivity contribution in [3.8, 4) is 17.1 Å². The van der Waals surface area contributed by atoms with Gasteiger partial charge in [0.1, 0.15) is 12.7 Å². The molecule has 1 fully saturated rings. The standard InChI is InChI=1S/C24H30N2O6/c1-15-21(27)10-22(32-14-19(30-3)13-29-2)26-8-7-16-9-18(5-6-20(16)23(15)26)25-11-17(12-25)24(28)31-4/h5-6,9-10,17,19H,7-8,11-14H2,1-4H3/t19-/m0/s1. The van der Waals surface area contributed by atoms with Crippen molar-refractivity contribution in [3.05, 3.63) is 45.6 Å². The average molecular weight is 443 g/mol. The zero-order valence-electron chi connectivity index (χ0n) is 19.1. The van der Waals surface area contributed by atoms with Crippen LogP contribution in [0.25, 0.3) is 11.3 Å². The lowest BCUT2D eigenvalue weighted by molar-refractivity contribution is -0.146. The Balaban J connectivity index is 1.60. The van der Waals surface area contributed by atoms with Gasteiger partial charge in [0.05, 0.1) is 25.3 Å². The number of fused-ring (bicyclic) bond motifs is 3. The summed E-state index contributed by atoms with van der Waals surface area (Å²) in [6.07, 6.45) is 0.617. The molecule has 3 heterocycles. The first-order valence-corrected chi connectivity index (χ1v) is 10.8. The minimum absolute atomic E-state index is 0.0486. The van der Waals surface area contributed by atoms with E-state index in [1.165, 1.54) is 12.7 Å². The van der Waals surface area contributed by atoms with E-state index in [9.17, 15) is 9.59 Å². The van der Waals surface area contributed by atoms with Gasteiger partial charge in [0.2, 0.25) is 0 Å². The molecule has 1 aromatic carbocycles. The molecule has 8 heteroatoms. The summed E-state index contributed by atoms with van der Waals surface area (Å²) in [5, 5.41) is 0. The molecule has 0 bridgehead atoms. The molecule has 0 radical (unpaired) electrons. The summed E-state index contributed by atoms with van der Waals surface area (Å²) in [5.41, 5.74) is 4.89. The van der Waals surface area contributed by atoms with Crippen LogP contribution in [0, 0.1) is 12.8 Å². The topological polar surface area (TPSA) is 79.2 Å². The second-order valence-electron chi connectivity index (χ2n) is 8.31. The van der Waals surface area contributed by atoms with Crippen LogP contribution < -0.4 is 15.1 Å². The lowest BCUT2D eigenvalue weighted by atomic mass is 9.92. The van der Waals surface area contributed by atoms with Gasteiger partial charge in [-0.05, 0) is 31.0 Å². The predicted octanol–water partition coefficient (Wildman–Crippen LogP) is 2.03. The van der Waals surface area contributed by atoms with Crippen LogP contribution in [0.3, 0.4) is 0 Å². The van der Waals surface area contributed by atoms with Crippen LogP contribution >= 0.6 is 0 Å². The lowest BCUT2D eigenvalue weighted by Crippen LogP contribution is -2.50. The van der Waals surface area contributed by atoms with Crippen LogP contribution in [0.4, 0.5) is 5.69 Å². The third kappa shape index (κ3) is 4.12. The number of carbonyl (C=O) groups excluding carboxylic acids is 1. The Morgan fingerprint density at radius 1 is 1.16 bits per heavy atom. The summed E-state index contributed by atoms with van der Waals surface area (Å²) in [5.74, 6) is 0.329. The fraction of sp³-hybridized carbons (Fsp3) is 0.500. The molecule has 2 aliphatic rings. The van der Waals surface area contributed by atoms with Gasteiger partial charge in [0, 0.05) is 56.7 Å². The number of ether oxygens (including phenoxy) is 4. The Kier molecular flexibility index (Phi) is 6.53. The van der Waals surface area contributed by atoms with Crippen molar-refractivity contribution in [2.45, 2.75) is 26.0 Å². The molecule has 172 valence electrons. The number of aromatic nitrogens is 1. The summed E-state index contributed by atoms with van der Waals surface area (Å²) >= 11 is 0. The summed E-state index contributed by atoms with van der Waals surface area (Å²) in [6.45, 7) is 4.63. The van der Waals surface area contributed by atoms with Gasteiger partial charge in [-0.25, -0.2) is 0 Å². The van der Waals surface area contributed by atoms with E-state index in [2.05, 4.69) is 27.7 Å². The van der Waals surface area contributed by atoms with Crippen molar-refractivity contribution in [2.75, 3.05) is 52.5 Å².